The maximum Gasteiger partial charge on any atom is 0.222 e. The lowest BCUT2D eigenvalue weighted by atomic mass is 9.90. The molecule has 0 bridgehead atoms. The van der Waals surface area contributed by atoms with Crippen LogP contribution in [0.4, 0.5) is 0 Å². The van der Waals surface area contributed by atoms with E-state index in [1.807, 2.05) is 4.90 Å². The number of likely N-dealkylation sites (tertiary alicyclic amines) is 1. The Morgan fingerprint density at radius 2 is 2.12 bits per heavy atom. The lowest BCUT2D eigenvalue weighted by molar-refractivity contribution is -0.133. The summed E-state index contributed by atoms with van der Waals surface area (Å²) in [6, 6.07) is 0. The number of hydrogen-bond donors (Lipinski definition) is 1. The average molecular weight is 227 g/mol. The zero-order chi connectivity index (χ0) is 12.2. The van der Waals surface area contributed by atoms with Gasteiger partial charge in [0, 0.05) is 26.1 Å². The number of carbonyl (C=O) groups is 1. The van der Waals surface area contributed by atoms with Gasteiger partial charge in [-0.2, -0.15) is 0 Å². The monoisotopic (exact) mass is 227 g/mol. The van der Waals surface area contributed by atoms with Crippen LogP contribution < -0.4 is 0 Å². The van der Waals surface area contributed by atoms with E-state index in [-0.39, 0.29) is 17.9 Å². The van der Waals surface area contributed by atoms with Gasteiger partial charge in [0.05, 0.1) is 0 Å². The van der Waals surface area contributed by atoms with Crippen molar-refractivity contribution < 1.29 is 9.90 Å². The average Bonchev–Trinajstić information content (AvgIpc) is 2.25. The third-order valence-corrected chi connectivity index (χ3v) is 3.22. The second-order valence-electron chi connectivity index (χ2n) is 6.09. The summed E-state index contributed by atoms with van der Waals surface area (Å²) in [4.78, 5) is 13.9. The molecular formula is C13H25NO2. The van der Waals surface area contributed by atoms with Crippen LogP contribution in [0.3, 0.4) is 0 Å². The SMILES string of the molecule is CC(C)(C)CCC(=O)N1CCCC(CO)C1. The second-order valence-corrected chi connectivity index (χ2v) is 6.09. The number of piperidine rings is 1. The summed E-state index contributed by atoms with van der Waals surface area (Å²) < 4.78 is 0. The molecule has 0 aromatic heterocycles. The molecule has 16 heavy (non-hydrogen) atoms. The van der Waals surface area contributed by atoms with Crippen LogP contribution in [0.2, 0.25) is 0 Å². The molecule has 1 fully saturated rings. The van der Waals surface area contributed by atoms with E-state index in [4.69, 9.17) is 5.11 Å². The Hall–Kier alpha value is -0.570. The Bertz CT molecular complexity index is 233. The molecule has 1 amide bonds. The molecule has 0 aromatic rings. The van der Waals surface area contributed by atoms with E-state index >= 15 is 0 Å². The molecule has 1 N–H and O–H groups in total. The first-order valence-corrected chi connectivity index (χ1v) is 6.31. The summed E-state index contributed by atoms with van der Waals surface area (Å²) in [7, 11) is 0. The molecule has 1 saturated heterocycles. The Morgan fingerprint density at radius 3 is 2.69 bits per heavy atom. The third kappa shape index (κ3) is 4.52. The Kier molecular flexibility index (Phi) is 4.78. The van der Waals surface area contributed by atoms with Gasteiger partial charge in [0.25, 0.3) is 0 Å². The Morgan fingerprint density at radius 1 is 1.44 bits per heavy atom. The van der Waals surface area contributed by atoms with Gasteiger partial charge in [-0.05, 0) is 30.6 Å². The fourth-order valence-corrected chi connectivity index (χ4v) is 2.08. The van der Waals surface area contributed by atoms with Crippen molar-refractivity contribution in [2.24, 2.45) is 11.3 Å². The summed E-state index contributed by atoms with van der Waals surface area (Å²) in [5.41, 5.74) is 0.224. The summed E-state index contributed by atoms with van der Waals surface area (Å²) in [5.74, 6) is 0.556. The topological polar surface area (TPSA) is 40.5 Å². The van der Waals surface area contributed by atoms with E-state index in [2.05, 4.69) is 20.8 Å². The molecule has 0 spiro atoms. The van der Waals surface area contributed by atoms with Crippen LogP contribution in [0.1, 0.15) is 46.5 Å². The van der Waals surface area contributed by atoms with Crippen molar-refractivity contribution in [3.63, 3.8) is 0 Å². The quantitative estimate of drug-likeness (QED) is 0.801. The maximum atomic E-state index is 12.0. The minimum Gasteiger partial charge on any atom is -0.396 e. The standard InChI is InChI=1S/C13H25NO2/c1-13(2,3)7-6-12(16)14-8-4-5-11(9-14)10-15/h11,15H,4-10H2,1-3H3. The number of aliphatic hydroxyl groups excluding tert-OH is 1. The molecular weight excluding hydrogens is 202 g/mol. The van der Waals surface area contributed by atoms with Gasteiger partial charge in [0.1, 0.15) is 0 Å². The second kappa shape index (κ2) is 5.67. The number of amides is 1. The Labute approximate surface area is 98.8 Å². The highest BCUT2D eigenvalue weighted by molar-refractivity contribution is 5.76. The molecule has 1 rings (SSSR count). The molecule has 0 saturated carbocycles. The molecule has 0 aliphatic carbocycles. The summed E-state index contributed by atoms with van der Waals surface area (Å²) >= 11 is 0. The molecule has 0 radical (unpaired) electrons. The molecule has 1 atom stereocenters. The number of carbonyl (C=O) groups excluding carboxylic acids is 1. The highest BCUT2D eigenvalue weighted by Crippen LogP contribution is 2.23. The van der Waals surface area contributed by atoms with Crippen molar-refractivity contribution in [3.8, 4) is 0 Å². The summed E-state index contributed by atoms with van der Waals surface area (Å²) in [6.45, 7) is 8.31. The molecule has 0 aromatic carbocycles. The van der Waals surface area contributed by atoms with E-state index in [1.54, 1.807) is 0 Å². The molecule has 1 unspecified atom stereocenters. The van der Waals surface area contributed by atoms with Crippen LogP contribution in [0.25, 0.3) is 0 Å². The van der Waals surface area contributed by atoms with Crippen molar-refractivity contribution in [2.75, 3.05) is 19.7 Å². The van der Waals surface area contributed by atoms with Crippen LogP contribution in [0.5, 0.6) is 0 Å². The van der Waals surface area contributed by atoms with Crippen LogP contribution >= 0.6 is 0 Å². The number of aliphatic hydroxyl groups is 1. The summed E-state index contributed by atoms with van der Waals surface area (Å²) in [5, 5.41) is 9.11. The zero-order valence-corrected chi connectivity index (χ0v) is 10.8. The van der Waals surface area contributed by atoms with Gasteiger partial charge in [-0.15, -0.1) is 0 Å². The van der Waals surface area contributed by atoms with Crippen molar-refractivity contribution >= 4 is 5.91 Å². The van der Waals surface area contributed by atoms with Crippen LogP contribution in [0, 0.1) is 11.3 Å². The van der Waals surface area contributed by atoms with E-state index in [1.165, 1.54) is 0 Å². The largest absolute Gasteiger partial charge is 0.396 e. The van der Waals surface area contributed by atoms with Crippen LogP contribution in [-0.2, 0) is 4.79 Å². The molecule has 1 heterocycles. The molecule has 1 aliphatic rings. The van der Waals surface area contributed by atoms with Crippen molar-refractivity contribution in [3.05, 3.63) is 0 Å². The predicted octanol–water partition coefficient (Wildman–Crippen LogP) is 2.04. The van der Waals surface area contributed by atoms with Gasteiger partial charge in [-0.25, -0.2) is 0 Å². The minimum atomic E-state index is 0.211. The molecule has 3 heteroatoms. The highest BCUT2D eigenvalue weighted by Gasteiger charge is 2.23. The van der Waals surface area contributed by atoms with Crippen LogP contribution in [0.15, 0.2) is 0 Å². The van der Waals surface area contributed by atoms with Gasteiger partial charge in [0.2, 0.25) is 5.91 Å². The number of rotatable bonds is 3. The molecule has 94 valence electrons. The van der Waals surface area contributed by atoms with Crippen molar-refractivity contribution in [1.82, 2.24) is 4.90 Å². The first-order chi connectivity index (χ1) is 7.42. The van der Waals surface area contributed by atoms with E-state index in [0.29, 0.717) is 12.3 Å². The maximum absolute atomic E-state index is 12.0. The predicted molar refractivity (Wildman–Crippen MR) is 65.1 cm³/mol. The number of nitrogens with zero attached hydrogens (tertiary/aromatic N) is 1. The van der Waals surface area contributed by atoms with Gasteiger partial charge < -0.3 is 10.0 Å². The minimum absolute atomic E-state index is 0.211. The smallest absolute Gasteiger partial charge is 0.222 e. The van der Waals surface area contributed by atoms with Crippen molar-refractivity contribution in [1.29, 1.82) is 0 Å². The van der Waals surface area contributed by atoms with Crippen LogP contribution in [-0.4, -0.2) is 35.6 Å². The highest BCUT2D eigenvalue weighted by atomic mass is 16.3. The fourth-order valence-electron chi connectivity index (χ4n) is 2.08. The Balaban J connectivity index is 2.36. The van der Waals surface area contributed by atoms with Gasteiger partial charge >= 0.3 is 0 Å². The number of hydrogen-bond acceptors (Lipinski definition) is 2. The van der Waals surface area contributed by atoms with Gasteiger partial charge in [-0.1, -0.05) is 20.8 Å². The first kappa shape index (κ1) is 13.5. The first-order valence-electron chi connectivity index (χ1n) is 6.31. The van der Waals surface area contributed by atoms with E-state index in [0.717, 1.165) is 32.4 Å². The summed E-state index contributed by atoms with van der Waals surface area (Å²) in [6.07, 6.45) is 3.67. The lowest BCUT2D eigenvalue weighted by Crippen LogP contribution is -2.41. The van der Waals surface area contributed by atoms with E-state index in [9.17, 15) is 4.79 Å². The van der Waals surface area contributed by atoms with Crippen molar-refractivity contribution in [2.45, 2.75) is 46.5 Å². The fraction of sp³-hybridized carbons (Fsp3) is 0.923. The molecule has 1 aliphatic heterocycles. The lowest BCUT2D eigenvalue weighted by Gasteiger charge is -2.32. The van der Waals surface area contributed by atoms with Gasteiger partial charge in [0.15, 0.2) is 0 Å². The third-order valence-electron chi connectivity index (χ3n) is 3.22. The van der Waals surface area contributed by atoms with E-state index < -0.39 is 0 Å². The molecule has 3 nitrogen and oxygen atoms in total. The normalized spacial score (nSPS) is 22.2. The zero-order valence-electron chi connectivity index (χ0n) is 10.8. The van der Waals surface area contributed by atoms with Gasteiger partial charge in [-0.3, -0.25) is 4.79 Å².